The second-order valence-electron chi connectivity index (χ2n) is 6.28. The Bertz CT molecular complexity index is 1030. The van der Waals surface area contributed by atoms with Gasteiger partial charge in [0.05, 0.1) is 23.3 Å². The average Bonchev–Trinajstić information content (AvgIpc) is 3.25. The van der Waals surface area contributed by atoms with E-state index >= 15 is 0 Å². The van der Waals surface area contributed by atoms with Crippen LogP contribution in [0.25, 0.3) is 33.8 Å². The second-order valence-corrected chi connectivity index (χ2v) is 6.28. The molecular weight excluding hydrogens is 350 g/mol. The van der Waals surface area contributed by atoms with E-state index in [4.69, 9.17) is 4.74 Å². The van der Waals surface area contributed by atoms with Crippen LogP contribution in [0.5, 0.6) is 5.75 Å². The molecule has 140 valence electrons. The van der Waals surface area contributed by atoms with Crippen molar-refractivity contribution in [1.29, 1.82) is 0 Å². The number of rotatable bonds is 7. The molecule has 2 N–H and O–H groups in total. The van der Waals surface area contributed by atoms with Crippen LogP contribution < -0.4 is 10.1 Å². The lowest BCUT2D eigenvalue weighted by Gasteiger charge is -2.08. The van der Waals surface area contributed by atoms with Crippen LogP contribution in [0.1, 0.15) is 0 Å². The van der Waals surface area contributed by atoms with Crippen molar-refractivity contribution in [3.63, 3.8) is 0 Å². The smallest absolute Gasteiger partial charge is 0.119 e. The molecule has 0 spiro atoms. The van der Waals surface area contributed by atoms with Crippen molar-refractivity contribution >= 4 is 0 Å². The van der Waals surface area contributed by atoms with Crippen molar-refractivity contribution in [1.82, 2.24) is 25.5 Å². The SMILES string of the molecule is CNCCOc1ccc(-c2cc(-c3cn[nH]c3-c3ccccn3)ccn2)cc1. The van der Waals surface area contributed by atoms with Crippen molar-refractivity contribution < 1.29 is 4.74 Å². The van der Waals surface area contributed by atoms with Gasteiger partial charge in [-0.3, -0.25) is 15.1 Å². The minimum atomic E-state index is 0.639. The van der Waals surface area contributed by atoms with Gasteiger partial charge in [0.25, 0.3) is 0 Å². The third-order valence-electron chi connectivity index (χ3n) is 4.40. The summed E-state index contributed by atoms with van der Waals surface area (Å²) < 4.78 is 5.68. The summed E-state index contributed by atoms with van der Waals surface area (Å²) in [6.07, 6.45) is 5.41. The summed E-state index contributed by atoms with van der Waals surface area (Å²) in [4.78, 5) is 8.95. The number of nitrogens with one attached hydrogen (secondary N) is 2. The molecule has 0 aliphatic heterocycles. The van der Waals surface area contributed by atoms with E-state index in [2.05, 4.69) is 31.5 Å². The van der Waals surface area contributed by atoms with Gasteiger partial charge in [-0.25, -0.2) is 0 Å². The fourth-order valence-electron chi connectivity index (χ4n) is 2.96. The van der Waals surface area contributed by atoms with E-state index in [0.29, 0.717) is 6.61 Å². The zero-order valence-corrected chi connectivity index (χ0v) is 15.6. The Morgan fingerprint density at radius 3 is 2.57 bits per heavy atom. The zero-order chi connectivity index (χ0) is 19.2. The number of benzene rings is 1. The summed E-state index contributed by atoms with van der Waals surface area (Å²) in [5.41, 5.74) is 5.71. The summed E-state index contributed by atoms with van der Waals surface area (Å²) in [7, 11) is 1.91. The first-order valence-electron chi connectivity index (χ1n) is 9.14. The van der Waals surface area contributed by atoms with Crippen LogP contribution in [0.4, 0.5) is 0 Å². The van der Waals surface area contributed by atoms with Crippen LogP contribution >= 0.6 is 0 Å². The van der Waals surface area contributed by atoms with Crippen LogP contribution in [0.3, 0.4) is 0 Å². The molecule has 28 heavy (non-hydrogen) atoms. The largest absolute Gasteiger partial charge is 0.492 e. The van der Waals surface area contributed by atoms with Crippen molar-refractivity contribution in [2.24, 2.45) is 0 Å². The maximum absolute atomic E-state index is 5.68. The molecule has 3 aromatic heterocycles. The lowest BCUT2D eigenvalue weighted by Crippen LogP contribution is -2.15. The molecule has 0 radical (unpaired) electrons. The Morgan fingerprint density at radius 2 is 1.79 bits per heavy atom. The number of nitrogens with zero attached hydrogens (tertiary/aromatic N) is 3. The third kappa shape index (κ3) is 3.92. The zero-order valence-electron chi connectivity index (χ0n) is 15.6. The lowest BCUT2D eigenvalue weighted by atomic mass is 10.0. The van der Waals surface area contributed by atoms with Gasteiger partial charge in [0.1, 0.15) is 12.4 Å². The molecule has 0 saturated carbocycles. The number of aromatic amines is 1. The van der Waals surface area contributed by atoms with Gasteiger partial charge in [-0.05, 0) is 61.1 Å². The Morgan fingerprint density at radius 1 is 0.929 bits per heavy atom. The van der Waals surface area contributed by atoms with Gasteiger partial charge in [0.2, 0.25) is 0 Å². The Balaban J connectivity index is 1.60. The van der Waals surface area contributed by atoms with Gasteiger partial charge in [0, 0.05) is 30.1 Å². The fourth-order valence-corrected chi connectivity index (χ4v) is 2.96. The van der Waals surface area contributed by atoms with Crippen LogP contribution in [0.2, 0.25) is 0 Å². The monoisotopic (exact) mass is 371 g/mol. The van der Waals surface area contributed by atoms with E-state index in [1.165, 1.54) is 0 Å². The summed E-state index contributed by atoms with van der Waals surface area (Å²) >= 11 is 0. The first kappa shape index (κ1) is 17.9. The molecule has 0 amide bonds. The number of hydrogen-bond donors (Lipinski definition) is 2. The quantitative estimate of drug-likeness (QED) is 0.483. The summed E-state index contributed by atoms with van der Waals surface area (Å²) in [6.45, 7) is 1.45. The molecule has 3 heterocycles. The molecule has 4 rings (SSSR count). The first-order chi connectivity index (χ1) is 13.8. The number of likely N-dealkylation sites (N-methyl/N-ethyl adjacent to an activating group) is 1. The van der Waals surface area contributed by atoms with E-state index < -0.39 is 0 Å². The van der Waals surface area contributed by atoms with E-state index in [9.17, 15) is 0 Å². The maximum Gasteiger partial charge on any atom is 0.119 e. The summed E-state index contributed by atoms with van der Waals surface area (Å²) in [6, 6.07) is 17.9. The predicted octanol–water partition coefficient (Wildman–Crippen LogP) is 3.80. The van der Waals surface area contributed by atoms with E-state index in [1.807, 2.05) is 68.0 Å². The lowest BCUT2D eigenvalue weighted by molar-refractivity contribution is 0.318. The molecule has 0 aliphatic rings. The first-order valence-corrected chi connectivity index (χ1v) is 9.14. The molecule has 1 aromatic carbocycles. The average molecular weight is 371 g/mol. The molecule has 0 bridgehead atoms. The van der Waals surface area contributed by atoms with Crippen LogP contribution in [0, 0.1) is 0 Å². The van der Waals surface area contributed by atoms with Gasteiger partial charge in [-0.15, -0.1) is 0 Å². The van der Waals surface area contributed by atoms with Crippen LogP contribution in [0.15, 0.2) is 73.2 Å². The van der Waals surface area contributed by atoms with Gasteiger partial charge in [-0.1, -0.05) is 6.07 Å². The standard InChI is InChI=1S/C22H21N5O/c1-23-12-13-28-18-7-5-16(6-8-18)21-14-17(9-11-25-21)19-15-26-27-22(19)20-4-2-3-10-24-20/h2-11,14-15,23H,12-13H2,1H3,(H,26,27). The van der Waals surface area contributed by atoms with E-state index in [1.54, 1.807) is 6.20 Å². The molecule has 0 saturated heterocycles. The fraction of sp³-hybridized carbons (Fsp3) is 0.136. The van der Waals surface area contributed by atoms with Crippen LogP contribution in [-0.4, -0.2) is 40.4 Å². The predicted molar refractivity (Wildman–Crippen MR) is 110 cm³/mol. The molecule has 6 heteroatoms. The van der Waals surface area contributed by atoms with Crippen molar-refractivity contribution in [2.45, 2.75) is 0 Å². The number of pyridine rings is 2. The number of aromatic nitrogens is 4. The minimum absolute atomic E-state index is 0.639. The Hall–Kier alpha value is -3.51. The molecule has 6 nitrogen and oxygen atoms in total. The molecular formula is C22H21N5O. The molecule has 0 atom stereocenters. The normalized spacial score (nSPS) is 10.8. The highest BCUT2D eigenvalue weighted by Gasteiger charge is 2.12. The molecule has 0 fully saturated rings. The number of ether oxygens (including phenoxy) is 1. The van der Waals surface area contributed by atoms with Gasteiger partial charge >= 0.3 is 0 Å². The molecule has 0 aliphatic carbocycles. The van der Waals surface area contributed by atoms with Crippen molar-refractivity contribution in [2.75, 3.05) is 20.2 Å². The van der Waals surface area contributed by atoms with Gasteiger partial charge in [0.15, 0.2) is 0 Å². The Labute approximate surface area is 163 Å². The number of H-pyrrole nitrogens is 1. The third-order valence-corrected chi connectivity index (χ3v) is 4.40. The highest BCUT2D eigenvalue weighted by molar-refractivity contribution is 5.80. The highest BCUT2D eigenvalue weighted by Crippen LogP contribution is 2.31. The van der Waals surface area contributed by atoms with E-state index in [-0.39, 0.29) is 0 Å². The summed E-state index contributed by atoms with van der Waals surface area (Å²) in [5, 5.41) is 10.3. The van der Waals surface area contributed by atoms with Gasteiger partial charge < -0.3 is 10.1 Å². The molecule has 0 unspecified atom stereocenters. The van der Waals surface area contributed by atoms with Crippen molar-refractivity contribution in [3.05, 3.63) is 73.2 Å². The summed E-state index contributed by atoms with van der Waals surface area (Å²) in [5.74, 6) is 0.849. The topological polar surface area (TPSA) is 75.7 Å². The highest BCUT2D eigenvalue weighted by atomic mass is 16.5. The minimum Gasteiger partial charge on any atom is -0.492 e. The second kappa shape index (κ2) is 8.45. The molecule has 4 aromatic rings. The van der Waals surface area contributed by atoms with Crippen molar-refractivity contribution in [3.8, 4) is 39.5 Å². The van der Waals surface area contributed by atoms with E-state index in [0.717, 1.165) is 46.1 Å². The maximum atomic E-state index is 5.68. The van der Waals surface area contributed by atoms with Gasteiger partial charge in [-0.2, -0.15) is 5.10 Å². The Kier molecular flexibility index (Phi) is 5.40. The number of hydrogen-bond acceptors (Lipinski definition) is 5. The van der Waals surface area contributed by atoms with Crippen LogP contribution in [-0.2, 0) is 0 Å².